The molecule has 2 aromatic rings. The summed E-state index contributed by atoms with van der Waals surface area (Å²) >= 11 is 6.37. The summed E-state index contributed by atoms with van der Waals surface area (Å²) in [7, 11) is 0. The summed E-state index contributed by atoms with van der Waals surface area (Å²) in [6.07, 6.45) is 1.82. The van der Waals surface area contributed by atoms with Crippen LogP contribution in [0.2, 0.25) is 5.02 Å². The first-order chi connectivity index (χ1) is 9.01. The molecule has 0 radical (unpaired) electrons. The van der Waals surface area contributed by atoms with Crippen LogP contribution in [0.25, 0.3) is 5.69 Å². The van der Waals surface area contributed by atoms with E-state index in [1.807, 2.05) is 36.7 Å². The minimum absolute atomic E-state index is 0.190. The fraction of sp³-hybridized carbons (Fsp3) is 0.400. The predicted octanol–water partition coefficient (Wildman–Crippen LogP) is 3.42. The predicted molar refractivity (Wildman–Crippen MR) is 80.0 cm³/mol. The average molecular weight is 278 g/mol. The SMILES string of the molecule is CCC(N)Cc1ccc(-n2nc(C)cc2C)c(Cl)c1. The van der Waals surface area contributed by atoms with Crippen molar-refractivity contribution < 1.29 is 0 Å². The molecule has 1 aromatic carbocycles. The van der Waals surface area contributed by atoms with Gasteiger partial charge in [0.05, 0.1) is 16.4 Å². The second-order valence-corrected chi connectivity index (χ2v) is 5.40. The second-order valence-electron chi connectivity index (χ2n) is 5.00. The molecule has 2 N–H and O–H groups in total. The Morgan fingerprint density at radius 1 is 1.32 bits per heavy atom. The Morgan fingerprint density at radius 2 is 2.05 bits per heavy atom. The first-order valence-electron chi connectivity index (χ1n) is 6.59. The molecule has 3 nitrogen and oxygen atoms in total. The molecule has 0 aliphatic carbocycles. The Labute approximate surface area is 119 Å². The second kappa shape index (κ2) is 5.76. The molecule has 1 aromatic heterocycles. The Balaban J connectivity index is 2.32. The molecule has 0 spiro atoms. The zero-order valence-electron chi connectivity index (χ0n) is 11.7. The van der Waals surface area contributed by atoms with E-state index in [1.165, 1.54) is 5.56 Å². The molecule has 0 bridgehead atoms. The Morgan fingerprint density at radius 3 is 2.58 bits per heavy atom. The molecular weight excluding hydrogens is 258 g/mol. The van der Waals surface area contributed by atoms with Crippen LogP contribution in [0.4, 0.5) is 0 Å². The molecule has 0 saturated carbocycles. The van der Waals surface area contributed by atoms with Gasteiger partial charge in [0.25, 0.3) is 0 Å². The van der Waals surface area contributed by atoms with Crippen LogP contribution in [-0.4, -0.2) is 15.8 Å². The molecule has 4 heteroatoms. The van der Waals surface area contributed by atoms with E-state index in [-0.39, 0.29) is 6.04 Å². The summed E-state index contributed by atoms with van der Waals surface area (Å²) in [4.78, 5) is 0. The monoisotopic (exact) mass is 277 g/mol. The van der Waals surface area contributed by atoms with Crippen molar-refractivity contribution in [3.05, 3.63) is 46.2 Å². The number of nitrogens with zero attached hydrogens (tertiary/aromatic N) is 2. The highest BCUT2D eigenvalue weighted by atomic mass is 35.5. The van der Waals surface area contributed by atoms with Crippen molar-refractivity contribution in [1.82, 2.24) is 9.78 Å². The van der Waals surface area contributed by atoms with Crippen molar-refractivity contribution in [2.45, 2.75) is 39.7 Å². The molecule has 0 aliphatic heterocycles. The molecule has 0 fully saturated rings. The summed E-state index contributed by atoms with van der Waals surface area (Å²) in [5.41, 5.74) is 10.1. The topological polar surface area (TPSA) is 43.8 Å². The maximum Gasteiger partial charge on any atom is 0.0835 e. The highest BCUT2D eigenvalue weighted by molar-refractivity contribution is 6.32. The van der Waals surface area contributed by atoms with Crippen molar-refractivity contribution in [1.29, 1.82) is 0 Å². The Kier molecular flexibility index (Phi) is 4.27. The third-order valence-electron chi connectivity index (χ3n) is 3.27. The van der Waals surface area contributed by atoms with E-state index >= 15 is 0 Å². The maximum atomic E-state index is 6.37. The standard InChI is InChI=1S/C15H20ClN3/c1-4-13(17)8-12-5-6-15(14(16)9-12)19-11(3)7-10(2)18-19/h5-7,9,13H,4,8,17H2,1-3H3. The number of hydrogen-bond acceptors (Lipinski definition) is 2. The molecular formula is C15H20ClN3. The number of rotatable bonds is 4. The van der Waals surface area contributed by atoms with E-state index in [2.05, 4.69) is 18.1 Å². The van der Waals surface area contributed by atoms with E-state index < -0.39 is 0 Å². The van der Waals surface area contributed by atoms with Crippen molar-refractivity contribution in [3.63, 3.8) is 0 Å². The van der Waals surface area contributed by atoms with Gasteiger partial charge in [-0.2, -0.15) is 5.10 Å². The number of aryl methyl sites for hydroxylation is 2. The summed E-state index contributed by atoms with van der Waals surface area (Å²) in [5, 5.41) is 5.17. The van der Waals surface area contributed by atoms with E-state index in [0.717, 1.165) is 29.9 Å². The van der Waals surface area contributed by atoms with Gasteiger partial charge in [0.1, 0.15) is 0 Å². The van der Waals surface area contributed by atoms with Crippen molar-refractivity contribution >= 4 is 11.6 Å². The fourth-order valence-electron chi connectivity index (χ4n) is 2.17. The van der Waals surface area contributed by atoms with E-state index in [0.29, 0.717) is 5.02 Å². The van der Waals surface area contributed by atoms with Gasteiger partial charge in [0, 0.05) is 11.7 Å². The smallest absolute Gasteiger partial charge is 0.0835 e. The minimum atomic E-state index is 0.190. The van der Waals surface area contributed by atoms with Gasteiger partial charge in [-0.05, 0) is 50.5 Å². The average Bonchev–Trinajstić information content (AvgIpc) is 2.68. The maximum absolute atomic E-state index is 6.37. The van der Waals surface area contributed by atoms with Gasteiger partial charge in [-0.3, -0.25) is 0 Å². The highest BCUT2D eigenvalue weighted by Gasteiger charge is 2.09. The molecule has 1 atom stereocenters. The normalized spacial score (nSPS) is 12.7. The molecule has 1 heterocycles. The summed E-state index contributed by atoms with van der Waals surface area (Å²) < 4.78 is 1.88. The van der Waals surface area contributed by atoms with E-state index in [9.17, 15) is 0 Å². The van der Waals surface area contributed by atoms with Crippen molar-refractivity contribution in [2.75, 3.05) is 0 Å². The zero-order valence-corrected chi connectivity index (χ0v) is 12.4. The third kappa shape index (κ3) is 3.17. The van der Waals surface area contributed by atoms with Crippen LogP contribution in [0.5, 0.6) is 0 Å². The number of benzene rings is 1. The lowest BCUT2D eigenvalue weighted by atomic mass is 10.0. The van der Waals surface area contributed by atoms with Crippen molar-refractivity contribution in [3.8, 4) is 5.69 Å². The third-order valence-corrected chi connectivity index (χ3v) is 3.57. The molecule has 1 unspecified atom stereocenters. The van der Waals surface area contributed by atoms with Crippen LogP contribution in [-0.2, 0) is 6.42 Å². The van der Waals surface area contributed by atoms with Gasteiger partial charge >= 0.3 is 0 Å². The summed E-state index contributed by atoms with van der Waals surface area (Å²) in [6, 6.07) is 8.31. The number of halogens is 1. The van der Waals surface area contributed by atoms with E-state index in [1.54, 1.807) is 0 Å². The lowest BCUT2D eigenvalue weighted by Gasteiger charge is -2.12. The van der Waals surface area contributed by atoms with Crippen LogP contribution >= 0.6 is 11.6 Å². The van der Waals surface area contributed by atoms with Gasteiger partial charge in [0.15, 0.2) is 0 Å². The van der Waals surface area contributed by atoms with Crippen LogP contribution in [0.3, 0.4) is 0 Å². The quantitative estimate of drug-likeness (QED) is 0.931. The van der Waals surface area contributed by atoms with Gasteiger partial charge in [-0.25, -0.2) is 4.68 Å². The summed E-state index contributed by atoms with van der Waals surface area (Å²) in [5.74, 6) is 0. The van der Waals surface area contributed by atoms with Crippen molar-refractivity contribution in [2.24, 2.45) is 5.73 Å². The molecule has 0 amide bonds. The van der Waals surface area contributed by atoms with Gasteiger partial charge < -0.3 is 5.73 Å². The Bertz CT molecular complexity index is 575. The van der Waals surface area contributed by atoms with Crippen LogP contribution in [0.1, 0.15) is 30.3 Å². The largest absolute Gasteiger partial charge is 0.327 e. The van der Waals surface area contributed by atoms with Gasteiger partial charge in [-0.15, -0.1) is 0 Å². The van der Waals surface area contributed by atoms with Crippen LogP contribution in [0.15, 0.2) is 24.3 Å². The molecule has 0 aliphatic rings. The first-order valence-corrected chi connectivity index (χ1v) is 6.96. The number of aromatic nitrogens is 2. The molecule has 19 heavy (non-hydrogen) atoms. The molecule has 0 saturated heterocycles. The van der Waals surface area contributed by atoms with Crippen LogP contribution < -0.4 is 5.73 Å². The lowest BCUT2D eigenvalue weighted by Crippen LogP contribution is -2.21. The summed E-state index contributed by atoms with van der Waals surface area (Å²) in [6.45, 7) is 6.10. The minimum Gasteiger partial charge on any atom is -0.327 e. The fourth-order valence-corrected chi connectivity index (χ4v) is 2.45. The Hall–Kier alpha value is -1.32. The van der Waals surface area contributed by atoms with Gasteiger partial charge in [0.2, 0.25) is 0 Å². The van der Waals surface area contributed by atoms with Gasteiger partial charge in [-0.1, -0.05) is 24.6 Å². The number of hydrogen-bond donors (Lipinski definition) is 1. The lowest BCUT2D eigenvalue weighted by molar-refractivity contribution is 0.646. The highest BCUT2D eigenvalue weighted by Crippen LogP contribution is 2.23. The van der Waals surface area contributed by atoms with Crippen LogP contribution in [0, 0.1) is 13.8 Å². The zero-order chi connectivity index (χ0) is 14.0. The molecule has 2 rings (SSSR count). The molecule has 102 valence electrons. The number of nitrogens with two attached hydrogens (primary N) is 1. The van der Waals surface area contributed by atoms with E-state index in [4.69, 9.17) is 17.3 Å². The first kappa shape index (κ1) is 14.1.